The quantitative estimate of drug-likeness (QED) is 0.751. The minimum atomic E-state index is -0.0723. The lowest BCUT2D eigenvalue weighted by atomic mass is 10.0. The second kappa shape index (κ2) is 7.75. The van der Waals surface area contributed by atoms with Gasteiger partial charge in [0.2, 0.25) is 0 Å². The summed E-state index contributed by atoms with van der Waals surface area (Å²) in [5.74, 6) is 0.529. The molecule has 1 aliphatic rings. The van der Waals surface area contributed by atoms with Gasteiger partial charge in [-0.05, 0) is 37.1 Å². The van der Waals surface area contributed by atoms with Gasteiger partial charge in [0.1, 0.15) is 5.69 Å². The van der Waals surface area contributed by atoms with E-state index in [0.717, 1.165) is 12.8 Å². The summed E-state index contributed by atoms with van der Waals surface area (Å²) in [5, 5.41) is 5.52. The van der Waals surface area contributed by atoms with Gasteiger partial charge in [-0.3, -0.25) is 9.59 Å². The van der Waals surface area contributed by atoms with Crippen molar-refractivity contribution in [3.8, 4) is 10.8 Å². The Labute approximate surface area is 160 Å². The number of nitrogens with one attached hydrogen (secondary N) is 1. The first-order valence-electron chi connectivity index (χ1n) is 8.85. The highest BCUT2D eigenvalue weighted by atomic mass is 32.1. The molecule has 0 unspecified atom stereocenters. The number of piperidine rings is 1. The third kappa shape index (κ3) is 3.93. The largest absolute Gasteiger partial charge is 0.462 e. The Kier molecular flexibility index (Phi) is 5.02. The second-order valence-electron chi connectivity index (χ2n) is 6.42. The molecule has 0 radical (unpaired) electrons. The molecule has 0 bridgehead atoms. The first-order valence-corrected chi connectivity index (χ1v) is 9.73. The normalized spacial score (nSPS) is 14.9. The highest BCUT2D eigenvalue weighted by Gasteiger charge is 2.26. The molecule has 1 aromatic carbocycles. The van der Waals surface area contributed by atoms with Gasteiger partial charge in [0.15, 0.2) is 10.8 Å². The van der Waals surface area contributed by atoms with Gasteiger partial charge in [-0.2, -0.15) is 0 Å². The Morgan fingerprint density at radius 3 is 2.59 bits per heavy atom. The van der Waals surface area contributed by atoms with E-state index in [9.17, 15) is 9.59 Å². The monoisotopic (exact) mass is 381 g/mol. The number of hydrogen-bond donors (Lipinski definition) is 1. The highest BCUT2D eigenvalue weighted by Crippen LogP contribution is 2.25. The fourth-order valence-electron chi connectivity index (χ4n) is 3.13. The molecule has 1 aliphatic heterocycles. The molecule has 0 aliphatic carbocycles. The van der Waals surface area contributed by atoms with E-state index in [1.807, 2.05) is 24.3 Å². The van der Waals surface area contributed by atoms with Gasteiger partial charge in [-0.25, -0.2) is 4.98 Å². The topological polar surface area (TPSA) is 75.4 Å². The predicted molar refractivity (Wildman–Crippen MR) is 103 cm³/mol. The van der Waals surface area contributed by atoms with Gasteiger partial charge in [0, 0.05) is 30.1 Å². The third-order valence-corrected chi connectivity index (χ3v) is 5.47. The van der Waals surface area contributed by atoms with E-state index in [-0.39, 0.29) is 17.9 Å². The third-order valence-electron chi connectivity index (χ3n) is 4.61. The Hall–Kier alpha value is -2.93. The number of carbonyl (C=O) groups is 2. The summed E-state index contributed by atoms with van der Waals surface area (Å²) < 4.78 is 5.33. The van der Waals surface area contributed by atoms with Crippen LogP contribution in [0.3, 0.4) is 0 Å². The molecule has 27 heavy (non-hydrogen) atoms. The van der Waals surface area contributed by atoms with Crippen molar-refractivity contribution in [1.29, 1.82) is 0 Å². The number of rotatable bonds is 4. The average molecular weight is 381 g/mol. The molecule has 0 atom stereocenters. The summed E-state index contributed by atoms with van der Waals surface area (Å²) >= 11 is 1.40. The van der Waals surface area contributed by atoms with Crippen molar-refractivity contribution in [2.75, 3.05) is 13.1 Å². The molecule has 1 N–H and O–H groups in total. The van der Waals surface area contributed by atoms with E-state index < -0.39 is 0 Å². The van der Waals surface area contributed by atoms with Crippen molar-refractivity contribution < 1.29 is 14.0 Å². The number of benzene rings is 1. The lowest BCUT2D eigenvalue weighted by Crippen LogP contribution is -2.46. The van der Waals surface area contributed by atoms with E-state index in [1.165, 1.54) is 11.3 Å². The van der Waals surface area contributed by atoms with Crippen LogP contribution in [-0.4, -0.2) is 40.8 Å². The maximum Gasteiger partial charge on any atom is 0.273 e. The number of furan rings is 1. The standard InChI is InChI=1S/C20H19N3O3S/c24-18(14-5-2-1-3-6-14)21-15-8-10-23(11-9-15)20(25)16-13-27-19(22-16)17-7-4-12-26-17/h1-7,12-13,15H,8-11H2,(H,21,24). The number of nitrogens with zero attached hydrogens (tertiary/aromatic N) is 2. The van der Waals surface area contributed by atoms with Crippen LogP contribution in [0.4, 0.5) is 0 Å². The minimum Gasteiger partial charge on any atom is -0.462 e. The van der Waals surface area contributed by atoms with Gasteiger partial charge >= 0.3 is 0 Å². The number of thiazole rings is 1. The summed E-state index contributed by atoms with van der Waals surface area (Å²) in [6, 6.07) is 12.9. The van der Waals surface area contributed by atoms with Crippen LogP contribution in [-0.2, 0) is 0 Å². The lowest BCUT2D eigenvalue weighted by molar-refractivity contribution is 0.0693. The Balaban J connectivity index is 1.32. The number of likely N-dealkylation sites (tertiary alicyclic amines) is 1. The number of hydrogen-bond acceptors (Lipinski definition) is 5. The molecular weight excluding hydrogens is 362 g/mol. The van der Waals surface area contributed by atoms with Crippen LogP contribution in [0.1, 0.15) is 33.7 Å². The van der Waals surface area contributed by atoms with Gasteiger partial charge in [0.05, 0.1) is 6.26 Å². The zero-order valence-electron chi connectivity index (χ0n) is 14.6. The van der Waals surface area contributed by atoms with E-state index in [0.29, 0.717) is 35.1 Å². The summed E-state index contributed by atoms with van der Waals surface area (Å²) in [4.78, 5) is 31.1. The first-order chi connectivity index (χ1) is 13.2. The molecule has 1 fully saturated rings. The first kappa shape index (κ1) is 17.5. The molecule has 3 aromatic rings. The fraction of sp³-hybridized carbons (Fsp3) is 0.250. The molecule has 7 heteroatoms. The van der Waals surface area contributed by atoms with Gasteiger partial charge in [-0.15, -0.1) is 11.3 Å². The Morgan fingerprint density at radius 1 is 1.11 bits per heavy atom. The minimum absolute atomic E-state index is 0.0667. The zero-order valence-corrected chi connectivity index (χ0v) is 15.4. The zero-order chi connectivity index (χ0) is 18.6. The SMILES string of the molecule is O=C(NC1CCN(C(=O)c2csc(-c3ccco3)n2)CC1)c1ccccc1. The van der Waals surface area contributed by atoms with Crippen molar-refractivity contribution in [3.05, 3.63) is 65.4 Å². The molecule has 0 saturated carbocycles. The van der Waals surface area contributed by atoms with Crippen molar-refractivity contribution in [3.63, 3.8) is 0 Å². The van der Waals surface area contributed by atoms with Gasteiger partial charge < -0.3 is 14.6 Å². The van der Waals surface area contributed by atoms with Crippen molar-refractivity contribution in [2.45, 2.75) is 18.9 Å². The lowest BCUT2D eigenvalue weighted by Gasteiger charge is -2.32. The molecule has 1 saturated heterocycles. The molecule has 2 amide bonds. The maximum absolute atomic E-state index is 12.7. The van der Waals surface area contributed by atoms with Crippen molar-refractivity contribution in [1.82, 2.24) is 15.2 Å². The Bertz CT molecular complexity index is 913. The van der Waals surface area contributed by atoms with Gasteiger partial charge in [-0.1, -0.05) is 18.2 Å². The molecule has 6 nitrogen and oxygen atoms in total. The van der Waals surface area contributed by atoms with E-state index in [2.05, 4.69) is 10.3 Å². The highest BCUT2D eigenvalue weighted by molar-refractivity contribution is 7.13. The molecule has 3 heterocycles. The number of amides is 2. The summed E-state index contributed by atoms with van der Waals surface area (Å²) in [7, 11) is 0. The number of carbonyl (C=O) groups excluding carboxylic acids is 2. The predicted octanol–water partition coefficient (Wildman–Crippen LogP) is 3.44. The van der Waals surface area contributed by atoms with Crippen LogP contribution in [0.15, 0.2) is 58.5 Å². The van der Waals surface area contributed by atoms with Crippen molar-refractivity contribution >= 4 is 23.2 Å². The van der Waals surface area contributed by atoms with Gasteiger partial charge in [0.25, 0.3) is 11.8 Å². The van der Waals surface area contributed by atoms with Crippen LogP contribution in [0.2, 0.25) is 0 Å². The smallest absolute Gasteiger partial charge is 0.273 e. The van der Waals surface area contributed by atoms with E-state index in [1.54, 1.807) is 34.7 Å². The molecular formula is C20H19N3O3S. The molecule has 2 aromatic heterocycles. The van der Waals surface area contributed by atoms with Crippen molar-refractivity contribution in [2.24, 2.45) is 0 Å². The maximum atomic E-state index is 12.7. The second-order valence-corrected chi connectivity index (χ2v) is 7.28. The Morgan fingerprint density at radius 2 is 1.89 bits per heavy atom. The van der Waals surface area contributed by atoms with Crippen LogP contribution < -0.4 is 5.32 Å². The summed E-state index contributed by atoms with van der Waals surface area (Å²) in [6.45, 7) is 1.21. The van der Waals surface area contributed by atoms with Crippen LogP contribution >= 0.6 is 11.3 Å². The molecule has 4 rings (SSSR count). The van der Waals surface area contributed by atoms with Crippen LogP contribution in [0.5, 0.6) is 0 Å². The molecule has 138 valence electrons. The van der Waals surface area contributed by atoms with Crippen LogP contribution in [0, 0.1) is 0 Å². The fourth-order valence-corrected chi connectivity index (χ4v) is 3.89. The average Bonchev–Trinajstić information content (AvgIpc) is 3.40. The van der Waals surface area contributed by atoms with E-state index >= 15 is 0 Å². The van der Waals surface area contributed by atoms with Crippen LogP contribution in [0.25, 0.3) is 10.8 Å². The molecule has 0 spiro atoms. The summed E-state index contributed by atoms with van der Waals surface area (Å²) in [6.07, 6.45) is 3.06. The van der Waals surface area contributed by atoms with E-state index in [4.69, 9.17) is 4.42 Å². The summed E-state index contributed by atoms with van der Waals surface area (Å²) in [5.41, 5.74) is 1.10. The number of aromatic nitrogens is 1.